The Morgan fingerprint density at radius 1 is 1.16 bits per heavy atom. The number of amides is 1. The first kappa shape index (κ1) is 21.7. The van der Waals surface area contributed by atoms with Gasteiger partial charge in [-0.3, -0.25) is 4.79 Å². The molecule has 1 aliphatic rings. The van der Waals surface area contributed by atoms with Crippen molar-refractivity contribution in [3.05, 3.63) is 70.5 Å². The first-order valence-electron chi connectivity index (χ1n) is 10.8. The predicted octanol–water partition coefficient (Wildman–Crippen LogP) is 4.47. The number of halogens is 1. The van der Waals surface area contributed by atoms with Gasteiger partial charge in [-0.05, 0) is 66.8 Å². The largest absolute Gasteiger partial charge is 0.334 e. The van der Waals surface area contributed by atoms with Crippen LogP contribution in [0.1, 0.15) is 48.2 Å². The minimum absolute atomic E-state index is 0.0409. The Morgan fingerprint density at radius 3 is 2.69 bits per heavy atom. The molecule has 0 spiro atoms. The minimum Gasteiger partial charge on any atom is -0.334 e. The zero-order valence-electron chi connectivity index (χ0n) is 18.6. The maximum atomic E-state index is 14.2. The topological polar surface area (TPSA) is 75.9 Å². The molecule has 2 aromatic carbocycles. The van der Waals surface area contributed by atoms with E-state index >= 15 is 0 Å². The van der Waals surface area contributed by atoms with Crippen molar-refractivity contribution in [2.45, 2.75) is 40.2 Å². The maximum absolute atomic E-state index is 14.2. The van der Waals surface area contributed by atoms with Gasteiger partial charge in [0.2, 0.25) is 0 Å². The summed E-state index contributed by atoms with van der Waals surface area (Å²) in [4.78, 5) is 16.3. The summed E-state index contributed by atoms with van der Waals surface area (Å²) in [5.41, 5.74) is 4.72. The van der Waals surface area contributed by atoms with Crippen LogP contribution in [0.25, 0.3) is 5.57 Å². The number of carbonyl (C=O) groups is 1. The minimum atomic E-state index is -0.492. The lowest BCUT2D eigenvalue weighted by atomic mass is 9.95. The van der Waals surface area contributed by atoms with Crippen LogP contribution >= 0.6 is 0 Å². The van der Waals surface area contributed by atoms with E-state index < -0.39 is 11.7 Å². The number of hydrogen-bond donors (Lipinski definition) is 1. The first-order chi connectivity index (χ1) is 15.5. The molecule has 1 amide bonds. The van der Waals surface area contributed by atoms with Crippen molar-refractivity contribution >= 4 is 23.1 Å². The first-order valence-corrected chi connectivity index (χ1v) is 10.8. The van der Waals surface area contributed by atoms with Gasteiger partial charge in [-0.15, -0.1) is 5.10 Å². The van der Waals surface area contributed by atoms with E-state index in [0.29, 0.717) is 23.7 Å². The number of hydrogen-bond acceptors (Lipinski definition) is 5. The highest BCUT2D eigenvalue weighted by Gasteiger charge is 2.21. The zero-order valence-corrected chi connectivity index (χ0v) is 18.6. The van der Waals surface area contributed by atoms with Crippen LogP contribution in [-0.4, -0.2) is 39.2 Å². The predicted molar refractivity (Wildman–Crippen MR) is 123 cm³/mol. The highest BCUT2D eigenvalue weighted by atomic mass is 19.1. The number of nitrogens with one attached hydrogen (secondary N) is 1. The molecule has 1 aliphatic heterocycles. The van der Waals surface area contributed by atoms with Crippen LogP contribution in [0.3, 0.4) is 0 Å². The molecule has 1 aromatic heterocycles. The molecule has 0 bridgehead atoms. The summed E-state index contributed by atoms with van der Waals surface area (Å²) >= 11 is 0. The normalized spacial score (nSPS) is 14.1. The van der Waals surface area contributed by atoms with Gasteiger partial charge in [-0.1, -0.05) is 41.9 Å². The summed E-state index contributed by atoms with van der Waals surface area (Å²) in [5, 5.41) is 15.6. The Labute approximate surface area is 186 Å². The Hall–Kier alpha value is -3.55. The van der Waals surface area contributed by atoms with Crippen molar-refractivity contribution in [1.29, 1.82) is 0 Å². The van der Waals surface area contributed by atoms with Crippen LogP contribution in [0.4, 0.5) is 16.0 Å². The van der Waals surface area contributed by atoms with Crippen molar-refractivity contribution in [2.75, 3.05) is 23.3 Å². The lowest BCUT2D eigenvalue weighted by Crippen LogP contribution is -2.31. The molecular weight excluding hydrogens is 407 g/mol. The van der Waals surface area contributed by atoms with Crippen LogP contribution in [0.2, 0.25) is 0 Å². The summed E-state index contributed by atoms with van der Waals surface area (Å²) in [6, 6.07) is 12.5. The summed E-state index contributed by atoms with van der Waals surface area (Å²) < 4.78 is 14.2. The molecule has 0 fully saturated rings. The number of aromatic nitrogens is 4. The van der Waals surface area contributed by atoms with E-state index in [0.717, 1.165) is 31.5 Å². The van der Waals surface area contributed by atoms with Crippen LogP contribution in [0.5, 0.6) is 0 Å². The fourth-order valence-corrected chi connectivity index (χ4v) is 3.80. The number of anilines is 2. The number of carbonyl (C=O) groups excluding carboxylic acids is 1. The number of aryl methyl sites for hydroxylation is 2. The standard InChI is InChI=1S/C24H27FN6O/c1-4-13-31-28-24(27-29-31)30-14-12-16(2)21(15-30)18-8-10-19(11-9-18)26-23(32)20-7-5-6-17(3)22(20)25/h5-11H,4,12-15H2,1-3H3,(H,26,32). The van der Waals surface area contributed by atoms with Gasteiger partial charge < -0.3 is 10.2 Å². The SMILES string of the molecule is CCCn1nnc(N2CCC(C)=C(c3ccc(NC(=O)c4cccc(C)c4F)cc3)C2)n1. The third-order valence-electron chi connectivity index (χ3n) is 5.70. The van der Waals surface area contributed by atoms with Gasteiger partial charge >= 0.3 is 0 Å². The highest BCUT2D eigenvalue weighted by Crippen LogP contribution is 2.29. The van der Waals surface area contributed by atoms with Crippen molar-refractivity contribution in [3.8, 4) is 0 Å². The number of benzene rings is 2. The van der Waals surface area contributed by atoms with Crippen LogP contribution < -0.4 is 10.2 Å². The van der Waals surface area contributed by atoms with E-state index in [1.54, 1.807) is 23.9 Å². The van der Waals surface area contributed by atoms with Gasteiger partial charge in [0.1, 0.15) is 5.82 Å². The van der Waals surface area contributed by atoms with E-state index in [4.69, 9.17) is 0 Å². The van der Waals surface area contributed by atoms with Gasteiger partial charge in [0.05, 0.1) is 12.1 Å². The molecule has 0 radical (unpaired) electrons. The molecule has 0 atom stereocenters. The van der Waals surface area contributed by atoms with Crippen molar-refractivity contribution in [3.63, 3.8) is 0 Å². The van der Waals surface area contributed by atoms with E-state index in [2.05, 4.69) is 39.5 Å². The second-order valence-electron chi connectivity index (χ2n) is 8.08. The second-order valence-corrected chi connectivity index (χ2v) is 8.08. The van der Waals surface area contributed by atoms with Crippen molar-refractivity contribution < 1.29 is 9.18 Å². The number of tetrazole rings is 1. The van der Waals surface area contributed by atoms with Crippen LogP contribution in [0, 0.1) is 12.7 Å². The molecule has 1 N–H and O–H groups in total. The van der Waals surface area contributed by atoms with E-state index in [1.165, 1.54) is 17.2 Å². The molecule has 0 aliphatic carbocycles. The van der Waals surface area contributed by atoms with Crippen LogP contribution in [-0.2, 0) is 6.54 Å². The Bertz CT molecular complexity index is 1150. The maximum Gasteiger partial charge on any atom is 0.266 e. The quantitative estimate of drug-likeness (QED) is 0.620. The molecule has 8 heteroatoms. The molecule has 4 rings (SSSR count). The molecule has 7 nitrogen and oxygen atoms in total. The molecule has 32 heavy (non-hydrogen) atoms. The van der Waals surface area contributed by atoms with E-state index in [-0.39, 0.29) is 5.56 Å². The molecule has 0 unspecified atom stereocenters. The summed E-state index contributed by atoms with van der Waals surface area (Å²) in [6.07, 6.45) is 1.88. The lowest BCUT2D eigenvalue weighted by molar-refractivity contribution is 0.102. The molecule has 0 saturated carbocycles. The van der Waals surface area contributed by atoms with E-state index in [9.17, 15) is 9.18 Å². The van der Waals surface area contributed by atoms with Gasteiger partial charge in [0, 0.05) is 18.8 Å². The van der Waals surface area contributed by atoms with Gasteiger partial charge in [-0.25, -0.2) is 4.39 Å². The average Bonchev–Trinajstić information content (AvgIpc) is 3.25. The highest BCUT2D eigenvalue weighted by molar-refractivity contribution is 6.04. The summed E-state index contributed by atoms with van der Waals surface area (Å²) in [7, 11) is 0. The second kappa shape index (κ2) is 9.30. The Balaban J connectivity index is 1.47. The van der Waals surface area contributed by atoms with Gasteiger partial charge in [0.15, 0.2) is 0 Å². The Kier molecular flexibility index (Phi) is 6.30. The number of nitrogens with zero attached hydrogens (tertiary/aromatic N) is 5. The fourth-order valence-electron chi connectivity index (χ4n) is 3.80. The molecule has 166 valence electrons. The monoisotopic (exact) mass is 434 g/mol. The van der Waals surface area contributed by atoms with Gasteiger partial charge in [-0.2, -0.15) is 4.80 Å². The number of rotatable bonds is 6. The zero-order chi connectivity index (χ0) is 22.7. The van der Waals surface area contributed by atoms with Crippen molar-refractivity contribution in [1.82, 2.24) is 20.2 Å². The van der Waals surface area contributed by atoms with Crippen LogP contribution in [0.15, 0.2) is 48.0 Å². The van der Waals surface area contributed by atoms with Crippen molar-refractivity contribution in [2.24, 2.45) is 0 Å². The average molecular weight is 435 g/mol. The Morgan fingerprint density at radius 2 is 1.94 bits per heavy atom. The summed E-state index contributed by atoms with van der Waals surface area (Å²) in [5.74, 6) is -0.305. The third-order valence-corrected chi connectivity index (χ3v) is 5.70. The molecule has 3 aromatic rings. The lowest BCUT2D eigenvalue weighted by Gasteiger charge is -2.29. The molecule has 0 saturated heterocycles. The fraction of sp³-hybridized carbons (Fsp3) is 0.333. The molecule has 2 heterocycles. The molecular formula is C24H27FN6O. The van der Waals surface area contributed by atoms with E-state index in [1.807, 2.05) is 24.3 Å². The smallest absolute Gasteiger partial charge is 0.266 e. The summed E-state index contributed by atoms with van der Waals surface area (Å²) in [6.45, 7) is 8.17. The third kappa shape index (κ3) is 4.54. The van der Waals surface area contributed by atoms with Gasteiger partial charge in [0.25, 0.3) is 11.9 Å².